The third kappa shape index (κ3) is 3.10. The van der Waals surface area contributed by atoms with Gasteiger partial charge in [0.15, 0.2) is 0 Å². The van der Waals surface area contributed by atoms with E-state index in [1.165, 1.54) is 16.7 Å². The Bertz CT molecular complexity index is 617. The van der Waals surface area contributed by atoms with E-state index in [1.54, 1.807) is 0 Å². The number of carbonyl (C=O) groups excluding carboxylic acids is 1. The van der Waals surface area contributed by atoms with Crippen LogP contribution >= 0.6 is 11.6 Å². The summed E-state index contributed by atoms with van der Waals surface area (Å²) in [6.45, 7) is 4.35. The van der Waals surface area contributed by atoms with E-state index in [4.69, 9.17) is 11.6 Å². The van der Waals surface area contributed by atoms with Gasteiger partial charge in [-0.15, -0.1) is 0 Å². The predicted molar refractivity (Wildman–Crippen MR) is 85.2 cm³/mol. The highest BCUT2D eigenvalue weighted by molar-refractivity contribution is 6.63. The molecule has 0 N–H and O–H groups in total. The maximum Gasteiger partial charge on any atom is 0.226 e. The minimum Gasteiger partial charge on any atom is -0.281 e. The van der Waals surface area contributed by atoms with Crippen molar-refractivity contribution in [2.75, 3.05) is 0 Å². The molecule has 0 saturated carbocycles. The van der Waals surface area contributed by atoms with Gasteiger partial charge in [0.1, 0.15) is 0 Å². The van der Waals surface area contributed by atoms with Crippen LogP contribution in [-0.4, -0.2) is 5.24 Å². The molecule has 0 atom stereocenters. The van der Waals surface area contributed by atoms with E-state index >= 15 is 0 Å². The SMILES string of the molecule is CCc1cccc(-c2ccccc2CC(=O)Cl)c1CC. The van der Waals surface area contributed by atoms with Gasteiger partial charge in [0.05, 0.1) is 0 Å². The molecule has 0 saturated heterocycles. The van der Waals surface area contributed by atoms with Gasteiger partial charge in [-0.2, -0.15) is 0 Å². The van der Waals surface area contributed by atoms with Crippen LogP contribution < -0.4 is 0 Å². The van der Waals surface area contributed by atoms with Crippen LogP contribution in [0.5, 0.6) is 0 Å². The van der Waals surface area contributed by atoms with Crippen molar-refractivity contribution in [2.24, 2.45) is 0 Å². The van der Waals surface area contributed by atoms with E-state index in [9.17, 15) is 4.79 Å². The number of halogens is 1. The normalized spacial score (nSPS) is 10.6. The molecule has 0 aliphatic carbocycles. The number of aryl methyl sites for hydroxylation is 1. The summed E-state index contributed by atoms with van der Waals surface area (Å²) >= 11 is 5.57. The maximum atomic E-state index is 11.2. The van der Waals surface area contributed by atoms with Gasteiger partial charge in [0.25, 0.3) is 0 Å². The lowest BCUT2D eigenvalue weighted by Crippen LogP contribution is -2.00. The summed E-state index contributed by atoms with van der Waals surface area (Å²) in [6.07, 6.45) is 2.29. The molecule has 1 nitrogen and oxygen atoms in total. The Balaban J connectivity index is 2.59. The summed E-state index contributed by atoms with van der Waals surface area (Å²) < 4.78 is 0. The van der Waals surface area contributed by atoms with Gasteiger partial charge in [0, 0.05) is 6.42 Å². The quantitative estimate of drug-likeness (QED) is 0.723. The molecule has 0 amide bonds. The molecule has 0 aliphatic heterocycles. The van der Waals surface area contributed by atoms with E-state index in [-0.39, 0.29) is 11.7 Å². The summed E-state index contributed by atoms with van der Waals surface area (Å²) in [5, 5.41) is -0.317. The van der Waals surface area contributed by atoms with Crippen molar-refractivity contribution in [3.8, 4) is 11.1 Å². The molecule has 2 aromatic carbocycles. The number of hydrogen-bond acceptors (Lipinski definition) is 1. The molecule has 2 heteroatoms. The van der Waals surface area contributed by atoms with Crippen molar-refractivity contribution in [3.05, 3.63) is 59.2 Å². The molecule has 0 bridgehead atoms. The first-order chi connectivity index (χ1) is 9.67. The molecule has 0 aromatic heterocycles. The Labute approximate surface area is 125 Å². The van der Waals surface area contributed by atoms with Crippen molar-refractivity contribution in [3.63, 3.8) is 0 Å². The van der Waals surface area contributed by atoms with Crippen LogP contribution in [0, 0.1) is 0 Å². The van der Waals surface area contributed by atoms with E-state index in [0.717, 1.165) is 24.0 Å². The lowest BCUT2D eigenvalue weighted by molar-refractivity contribution is -0.111. The molecular weight excluding hydrogens is 268 g/mol. The third-order valence-electron chi connectivity index (χ3n) is 3.64. The monoisotopic (exact) mass is 286 g/mol. The minimum atomic E-state index is -0.317. The molecule has 0 fully saturated rings. The Morgan fingerprint density at radius 1 is 0.900 bits per heavy atom. The lowest BCUT2D eigenvalue weighted by Gasteiger charge is -2.15. The zero-order valence-electron chi connectivity index (χ0n) is 11.9. The maximum absolute atomic E-state index is 11.2. The van der Waals surface area contributed by atoms with E-state index in [1.807, 2.05) is 18.2 Å². The number of hydrogen-bond donors (Lipinski definition) is 0. The van der Waals surface area contributed by atoms with Gasteiger partial charge >= 0.3 is 0 Å². The topological polar surface area (TPSA) is 17.1 Å². The van der Waals surface area contributed by atoms with Crippen LogP contribution in [0.15, 0.2) is 42.5 Å². The van der Waals surface area contributed by atoms with Gasteiger partial charge in [-0.05, 0) is 52.3 Å². The zero-order valence-corrected chi connectivity index (χ0v) is 12.7. The second kappa shape index (κ2) is 6.71. The first-order valence-corrected chi connectivity index (χ1v) is 7.42. The smallest absolute Gasteiger partial charge is 0.226 e. The fraction of sp³-hybridized carbons (Fsp3) is 0.278. The Morgan fingerprint density at radius 2 is 1.55 bits per heavy atom. The molecule has 0 heterocycles. The molecule has 104 valence electrons. The molecule has 2 aromatic rings. The molecule has 0 aliphatic rings. The van der Waals surface area contributed by atoms with Crippen LogP contribution in [0.3, 0.4) is 0 Å². The van der Waals surface area contributed by atoms with E-state index < -0.39 is 0 Å². The Hall–Kier alpha value is -1.60. The lowest BCUT2D eigenvalue weighted by atomic mass is 9.89. The number of benzene rings is 2. The van der Waals surface area contributed by atoms with Crippen molar-refractivity contribution in [1.29, 1.82) is 0 Å². The zero-order chi connectivity index (χ0) is 14.5. The standard InChI is InChI=1S/C18H19ClO/c1-3-13-9-7-11-17(15(13)4-2)16-10-6-5-8-14(16)12-18(19)20/h5-11H,3-4,12H2,1-2H3. The third-order valence-corrected chi connectivity index (χ3v) is 3.78. The second-order valence-electron chi connectivity index (χ2n) is 4.84. The average Bonchev–Trinajstić information content (AvgIpc) is 2.46. The summed E-state index contributed by atoms with van der Waals surface area (Å²) in [4.78, 5) is 11.2. The van der Waals surface area contributed by atoms with Crippen LogP contribution in [0.4, 0.5) is 0 Å². The fourth-order valence-corrected chi connectivity index (χ4v) is 2.87. The van der Waals surface area contributed by atoms with Gasteiger partial charge in [-0.3, -0.25) is 4.79 Å². The molecule has 2 rings (SSSR count). The molecule has 0 unspecified atom stereocenters. The van der Waals surface area contributed by atoms with Gasteiger partial charge in [-0.1, -0.05) is 56.3 Å². The van der Waals surface area contributed by atoms with E-state index in [2.05, 4.69) is 38.1 Å². The summed E-state index contributed by atoms with van der Waals surface area (Å²) in [5.74, 6) is 0. The van der Waals surface area contributed by atoms with Gasteiger partial charge in [-0.25, -0.2) is 0 Å². The van der Waals surface area contributed by atoms with Gasteiger partial charge < -0.3 is 0 Å². The van der Waals surface area contributed by atoms with Crippen LogP contribution in [-0.2, 0) is 24.1 Å². The number of rotatable bonds is 5. The van der Waals surface area contributed by atoms with Crippen LogP contribution in [0.25, 0.3) is 11.1 Å². The van der Waals surface area contributed by atoms with Crippen molar-refractivity contribution >= 4 is 16.8 Å². The molecular formula is C18H19ClO. The summed E-state index contributed by atoms with van der Waals surface area (Å²) in [5.41, 5.74) is 6.07. The second-order valence-corrected chi connectivity index (χ2v) is 5.26. The molecule has 20 heavy (non-hydrogen) atoms. The van der Waals surface area contributed by atoms with Crippen molar-refractivity contribution < 1.29 is 4.79 Å². The highest BCUT2D eigenvalue weighted by Gasteiger charge is 2.12. The summed E-state index contributed by atoms with van der Waals surface area (Å²) in [6, 6.07) is 14.4. The van der Waals surface area contributed by atoms with Crippen LogP contribution in [0.2, 0.25) is 0 Å². The van der Waals surface area contributed by atoms with Gasteiger partial charge in [0.2, 0.25) is 5.24 Å². The summed E-state index contributed by atoms with van der Waals surface area (Å²) in [7, 11) is 0. The van der Waals surface area contributed by atoms with Crippen molar-refractivity contribution in [2.45, 2.75) is 33.1 Å². The predicted octanol–water partition coefficient (Wildman–Crippen LogP) is 4.79. The molecule has 0 radical (unpaired) electrons. The Morgan fingerprint density at radius 3 is 2.20 bits per heavy atom. The average molecular weight is 287 g/mol. The van der Waals surface area contributed by atoms with E-state index in [0.29, 0.717) is 0 Å². The first kappa shape index (κ1) is 14.8. The van der Waals surface area contributed by atoms with Crippen LogP contribution in [0.1, 0.15) is 30.5 Å². The van der Waals surface area contributed by atoms with Crippen molar-refractivity contribution in [1.82, 2.24) is 0 Å². The number of carbonyl (C=O) groups is 1. The fourth-order valence-electron chi connectivity index (χ4n) is 2.72. The largest absolute Gasteiger partial charge is 0.281 e. The Kier molecular flexibility index (Phi) is 4.97. The minimum absolute atomic E-state index is 0.275. The highest BCUT2D eigenvalue weighted by Crippen LogP contribution is 2.30. The molecule has 0 spiro atoms. The highest BCUT2D eigenvalue weighted by atomic mass is 35.5. The first-order valence-electron chi connectivity index (χ1n) is 7.04.